The number of piperazine rings is 1. The van der Waals surface area contributed by atoms with Crippen LogP contribution in [0.25, 0.3) is 0 Å². The Kier molecular flexibility index (Phi) is 4.70. The molecule has 1 heterocycles. The zero-order valence-electron chi connectivity index (χ0n) is 14.2. The van der Waals surface area contributed by atoms with Crippen LogP contribution in [-0.4, -0.2) is 36.0 Å². The molecule has 5 nitrogen and oxygen atoms in total. The van der Waals surface area contributed by atoms with Gasteiger partial charge in [-0.3, -0.25) is 4.79 Å². The second-order valence-electron chi connectivity index (χ2n) is 6.11. The molecule has 1 saturated heterocycles. The fourth-order valence-corrected chi connectivity index (χ4v) is 2.89. The Hall–Kier alpha value is -2.89. The van der Waals surface area contributed by atoms with Crippen LogP contribution in [0.15, 0.2) is 48.5 Å². The first kappa shape index (κ1) is 17.0. The lowest BCUT2D eigenvalue weighted by atomic mass is 10.1. The van der Waals surface area contributed by atoms with Crippen LogP contribution in [0.4, 0.5) is 20.6 Å². The molecule has 2 aromatic carbocycles. The standard InChI is InChI=1S/C19H20FN3O2/c1-13-7-9-15(10-8-13)21-19(25)22-11-12-23(18(24)14(22)2)17-6-4-3-5-16(17)20/h3-10,14H,11-12H2,1-2H3,(H,21,25)/t14-/m1/s1. The van der Waals surface area contributed by atoms with Crippen LogP contribution in [0.3, 0.4) is 0 Å². The average Bonchev–Trinajstić information content (AvgIpc) is 2.60. The number of benzene rings is 2. The molecule has 3 amide bonds. The van der Waals surface area contributed by atoms with Crippen molar-refractivity contribution < 1.29 is 14.0 Å². The number of carbonyl (C=O) groups is 2. The Morgan fingerprint density at radius 2 is 1.80 bits per heavy atom. The quantitative estimate of drug-likeness (QED) is 0.910. The molecule has 0 saturated carbocycles. The van der Waals surface area contributed by atoms with Crippen LogP contribution in [-0.2, 0) is 4.79 Å². The SMILES string of the molecule is Cc1ccc(NC(=O)N2CCN(c3ccccc3F)C(=O)[C@H]2C)cc1. The van der Waals surface area contributed by atoms with E-state index in [-0.39, 0.29) is 24.2 Å². The highest BCUT2D eigenvalue weighted by atomic mass is 19.1. The van der Waals surface area contributed by atoms with E-state index in [2.05, 4.69) is 5.32 Å². The number of nitrogens with zero attached hydrogens (tertiary/aromatic N) is 2. The van der Waals surface area contributed by atoms with Gasteiger partial charge in [-0.1, -0.05) is 29.8 Å². The number of para-hydroxylation sites is 1. The van der Waals surface area contributed by atoms with Gasteiger partial charge in [0.2, 0.25) is 5.91 Å². The number of hydrogen-bond donors (Lipinski definition) is 1. The van der Waals surface area contributed by atoms with Gasteiger partial charge >= 0.3 is 6.03 Å². The van der Waals surface area contributed by atoms with Gasteiger partial charge in [0.25, 0.3) is 0 Å². The second kappa shape index (κ2) is 6.93. The maximum absolute atomic E-state index is 14.0. The predicted octanol–water partition coefficient (Wildman–Crippen LogP) is 3.40. The first-order valence-electron chi connectivity index (χ1n) is 8.17. The molecule has 1 atom stereocenters. The Labute approximate surface area is 146 Å². The lowest BCUT2D eigenvalue weighted by Crippen LogP contribution is -2.58. The Bertz CT molecular complexity index is 792. The summed E-state index contributed by atoms with van der Waals surface area (Å²) in [6.45, 7) is 4.21. The van der Waals surface area contributed by atoms with Crippen molar-refractivity contribution in [1.82, 2.24) is 4.90 Å². The Balaban J connectivity index is 1.72. The van der Waals surface area contributed by atoms with Crippen molar-refractivity contribution in [2.24, 2.45) is 0 Å². The van der Waals surface area contributed by atoms with Crippen molar-refractivity contribution in [3.05, 3.63) is 59.9 Å². The molecule has 1 fully saturated rings. The Morgan fingerprint density at radius 3 is 2.48 bits per heavy atom. The third-order valence-corrected chi connectivity index (χ3v) is 4.36. The summed E-state index contributed by atoms with van der Waals surface area (Å²) in [6.07, 6.45) is 0. The van der Waals surface area contributed by atoms with Crippen LogP contribution in [0.5, 0.6) is 0 Å². The van der Waals surface area contributed by atoms with Gasteiger partial charge in [0.15, 0.2) is 0 Å². The molecule has 0 aliphatic carbocycles. The Morgan fingerprint density at radius 1 is 1.12 bits per heavy atom. The first-order valence-corrected chi connectivity index (χ1v) is 8.17. The van der Waals surface area contributed by atoms with E-state index in [0.717, 1.165) is 5.56 Å². The zero-order chi connectivity index (χ0) is 18.0. The molecule has 1 aliphatic heterocycles. The first-order chi connectivity index (χ1) is 12.0. The number of carbonyl (C=O) groups excluding carboxylic acids is 2. The molecular weight excluding hydrogens is 321 g/mol. The maximum atomic E-state index is 14.0. The van der Waals surface area contributed by atoms with Crippen molar-refractivity contribution >= 4 is 23.3 Å². The summed E-state index contributed by atoms with van der Waals surface area (Å²) in [5.41, 5.74) is 2.02. The number of nitrogens with one attached hydrogen (secondary N) is 1. The third kappa shape index (κ3) is 3.47. The summed E-state index contributed by atoms with van der Waals surface area (Å²) in [6, 6.07) is 12.6. The number of amides is 3. The van der Waals surface area contributed by atoms with Gasteiger partial charge in [0.05, 0.1) is 5.69 Å². The molecule has 6 heteroatoms. The normalized spacial score (nSPS) is 17.6. The molecule has 0 radical (unpaired) electrons. The molecule has 0 spiro atoms. The molecule has 25 heavy (non-hydrogen) atoms. The van der Waals surface area contributed by atoms with Crippen molar-refractivity contribution in [1.29, 1.82) is 0 Å². The highest BCUT2D eigenvalue weighted by Crippen LogP contribution is 2.23. The second-order valence-corrected chi connectivity index (χ2v) is 6.11. The van der Waals surface area contributed by atoms with E-state index in [0.29, 0.717) is 12.2 Å². The van der Waals surface area contributed by atoms with Crippen LogP contribution in [0.2, 0.25) is 0 Å². The lowest BCUT2D eigenvalue weighted by molar-refractivity contribution is -0.123. The smallest absolute Gasteiger partial charge is 0.311 e. The molecule has 2 aromatic rings. The summed E-state index contributed by atoms with van der Waals surface area (Å²) >= 11 is 0. The maximum Gasteiger partial charge on any atom is 0.322 e. The van der Waals surface area contributed by atoms with Gasteiger partial charge in [-0.25, -0.2) is 9.18 Å². The van der Waals surface area contributed by atoms with E-state index in [4.69, 9.17) is 0 Å². The minimum Gasteiger partial charge on any atom is -0.311 e. The highest BCUT2D eigenvalue weighted by molar-refractivity contribution is 6.01. The van der Waals surface area contributed by atoms with E-state index in [9.17, 15) is 14.0 Å². The summed E-state index contributed by atoms with van der Waals surface area (Å²) in [5.74, 6) is -0.740. The molecular formula is C19H20FN3O2. The fourth-order valence-electron chi connectivity index (χ4n) is 2.89. The molecule has 1 N–H and O–H groups in total. The highest BCUT2D eigenvalue weighted by Gasteiger charge is 2.35. The van der Waals surface area contributed by atoms with Crippen LogP contribution in [0.1, 0.15) is 12.5 Å². The van der Waals surface area contributed by atoms with E-state index >= 15 is 0 Å². The van der Waals surface area contributed by atoms with Crippen LogP contribution < -0.4 is 10.2 Å². The van der Waals surface area contributed by atoms with Crippen LogP contribution in [0, 0.1) is 12.7 Å². The van der Waals surface area contributed by atoms with E-state index < -0.39 is 11.9 Å². The largest absolute Gasteiger partial charge is 0.322 e. The summed E-state index contributed by atoms with van der Waals surface area (Å²) < 4.78 is 14.0. The minimum atomic E-state index is -0.668. The number of halogens is 1. The van der Waals surface area contributed by atoms with Gasteiger partial charge in [0, 0.05) is 18.8 Å². The summed E-state index contributed by atoms with van der Waals surface area (Å²) in [5, 5.41) is 2.80. The lowest BCUT2D eigenvalue weighted by Gasteiger charge is -2.39. The number of anilines is 2. The topological polar surface area (TPSA) is 52.7 Å². The van der Waals surface area contributed by atoms with Crippen molar-refractivity contribution in [3.8, 4) is 0 Å². The number of rotatable bonds is 2. The van der Waals surface area contributed by atoms with Crippen molar-refractivity contribution in [2.45, 2.75) is 19.9 Å². The van der Waals surface area contributed by atoms with E-state index in [1.807, 2.05) is 31.2 Å². The van der Waals surface area contributed by atoms with Crippen molar-refractivity contribution in [2.75, 3.05) is 23.3 Å². The molecule has 0 aromatic heterocycles. The zero-order valence-corrected chi connectivity index (χ0v) is 14.2. The van der Waals surface area contributed by atoms with Gasteiger partial charge in [-0.05, 0) is 38.1 Å². The minimum absolute atomic E-state index is 0.248. The predicted molar refractivity (Wildman–Crippen MR) is 95.1 cm³/mol. The monoisotopic (exact) mass is 341 g/mol. The summed E-state index contributed by atoms with van der Waals surface area (Å²) in [7, 11) is 0. The van der Waals surface area contributed by atoms with Gasteiger partial charge < -0.3 is 15.1 Å². The van der Waals surface area contributed by atoms with E-state index in [1.54, 1.807) is 25.1 Å². The third-order valence-electron chi connectivity index (χ3n) is 4.36. The molecule has 3 rings (SSSR count). The van der Waals surface area contributed by atoms with Crippen LogP contribution >= 0.6 is 0 Å². The summed E-state index contributed by atoms with van der Waals surface area (Å²) in [4.78, 5) is 28.0. The molecule has 1 aliphatic rings. The van der Waals surface area contributed by atoms with Crippen molar-refractivity contribution in [3.63, 3.8) is 0 Å². The number of urea groups is 1. The van der Waals surface area contributed by atoms with Gasteiger partial charge in [-0.15, -0.1) is 0 Å². The fraction of sp³-hybridized carbons (Fsp3) is 0.263. The number of hydrogen-bond acceptors (Lipinski definition) is 2. The van der Waals surface area contributed by atoms with E-state index in [1.165, 1.54) is 15.9 Å². The number of aryl methyl sites for hydroxylation is 1. The molecule has 0 unspecified atom stereocenters. The average molecular weight is 341 g/mol. The molecule has 0 bridgehead atoms. The van der Waals surface area contributed by atoms with Gasteiger partial charge in [-0.2, -0.15) is 0 Å². The molecule has 130 valence electrons. The van der Waals surface area contributed by atoms with Gasteiger partial charge in [0.1, 0.15) is 11.9 Å².